The van der Waals surface area contributed by atoms with Crippen LogP contribution in [-0.2, 0) is 0 Å². The van der Waals surface area contributed by atoms with Gasteiger partial charge in [0.25, 0.3) is 0 Å². The van der Waals surface area contributed by atoms with E-state index >= 15 is 0 Å². The average Bonchev–Trinajstić information content (AvgIpc) is 3.10. The number of pyridine rings is 1. The summed E-state index contributed by atoms with van der Waals surface area (Å²) in [6.45, 7) is 0. The SMILES string of the molecule is Cl.Nc1cccc(-c2cncc(C3CC4CCC3N4)c2)c1. The molecule has 2 aromatic rings. The molecule has 2 fully saturated rings. The molecule has 4 rings (SSSR count). The monoisotopic (exact) mass is 301 g/mol. The number of nitrogen functional groups attached to an aromatic ring is 1. The molecule has 0 aliphatic carbocycles. The zero-order valence-corrected chi connectivity index (χ0v) is 12.6. The van der Waals surface area contributed by atoms with E-state index in [1.807, 2.05) is 30.6 Å². The molecule has 2 aliphatic heterocycles. The van der Waals surface area contributed by atoms with E-state index in [2.05, 4.69) is 22.4 Å². The van der Waals surface area contributed by atoms with Gasteiger partial charge in [-0.05, 0) is 48.6 Å². The van der Waals surface area contributed by atoms with Gasteiger partial charge in [-0.1, -0.05) is 12.1 Å². The highest BCUT2D eigenvalue weighted by atomic mass is 35.5. The maximum absolute atomic E-state index is 5.88. The molecule has 3 nitrogen and oxygen atoms in total. The van der Waals surface area contributed by atoms with Crippen LogP contribution in [0.25, 0.3) is 11.1 Å². The molecule has 4 heteroatoms. The normalized spacial score (nSPS) is 26.6. The van der Waals surface area contributed by atoms with Crippen molar-refractivity contribution in [2.45, 2.75) is 37.3 Å². The van der Waals surface area contributed by atoms with Crippen LogP contribution in [-0.4, -0.2) is 17.1 Å². The molecular formula is C17H20ClN3. The van der Waals surface area contributed by atoms with Crippen molar-refractivity contribution >= 4 is 18.1 Å². The predicted molar refractivity (Wildman–Crippen MR) is 88.6 cm³/mol. The number of hydrogen-bond acceptors (Lipinski definition) is 3. The molecule has 1 aromatic heterocycles. The Hall–Kier alpha value is -1.58. The summed E-state index contributed by atoms with van der Waals surface area (Å²) in [5.41, 5.74) is 10.4. The van der Waals surface area contributed by atoms with Crippen LogP contribution >= 0.6 is 12.4 Å². The van der Waals surface area contributed by atoms with Gasteiger partial charge in [0.2, 0.25) is 0 Å². The molecular weight excluding hydrogens is 282 g/mol. The average molecular weight is 302 g/mol. The van der Waals surface area contributed by atoms with E-state index in [9.17, 15) is 0 Å². The van der Waals surface area contributed by atoms with Gasteiger partial charge in [0.15, 0.2) is 0 Å². The number of nitrogens with zero attached hydrogens (tertiary/aromatic N) is 1. The fourth-order valence-electron chi connectivity index (χ4n) is 3.73. The third kappa shape index (κ3) is 2.63. The van der Waals surface area contributed by atoms with Crippen molar-refractivity contribution in [3.63, 3.8) is 0 Å². The lowest BCUT2D eigenvalue weighted by Crippen LogP contribution is -2.21. The van der Waals surface area contributed by atoms with Crippen LogP contribution in [0.15, 0.2) is 42.7 Å². The molecule has 110 valence electrons. The summed E-state index contributed by atoms with van der Waals surface area (Å²) in [6.07, 6.45) is 7.86. The van der Waals surface area contributed by atoms with Crippen LogP contribution in [0.2, 0.25) is 0 Å². The van der Waals surface area contributed by atoms with Crippen molar-refractivity contribution in [3.8, 4) is 11.1 Å². The van der Waals surface area contributed by atoms with Crippen molar-refractivity contribution in [1.82, 2.24) is 10.3 Å². The smallest absolute Gasteiger partial charge is 0.0346 e. The van der Waals surface area contributed by atoms with Crippen LogP contribution in [0.5, 0.6) is 0 Å². The maximum Gasteiger partial charge on any atom is 0.0346 e. The highest BCUT2D eigenvalue weighted by Crippen LogP contribution is 2.40. The molecule has 2 bridgehead atoms. The van der Waals surface area contributed by atoms with Gasteiger partial charge in [0.05, 0.1) is 0 Å². The van der Waals surface area contributed by atoms with E-state index in [-0.39, 0.29) is 12.4 Å². The lowest BCUT2D eigenvalue weighted by Gasteiger charge is -2.20. The molecule has 0 saturated carbocycles. The highest BCUT2D eigenvalue weighted by Gasteiger charge is 2.39. The van der Waals surface area contributed by atoms with Gasteiger partial charge in [-0.15, -0.1) is 12.4 Å². The first kappa shape index (κ1) is 14.4. The number of rotatable bonds is 2. The molecule has 1 aromatic carbocycles. The molecule has 0 spiro atoms. The topological polar surface area (TPSA) is 50.9 Å². The molecule has 3 atom stereocenters. The van der Waals surface area contributed by atoms with Gasteiger partial charge < -0.3 is 11.1 Å². The molecule has 0 radical (unpaired) electrons. The molecule has 21 heavy (non-hydrogen) atoms. The van der Waals surface area contributed by atoms with E-state index in [4.69, 9.17) is 5.73 Å². The number of nitrogens with one attached hydrogen (secondary N) is 1. The standard InChI is InChI=1S/C17H19N3.ClH/c18-14-3-1-2-11(7-14)12-6-13(10-19-9-12)16-8-15-4-5-17(16)20-15;/h1-3,6-7,9-10,15-17,20H,4-5,8,18H2;1H. The zero-order chi connectivity index (χ0) is 13.5. The quantitative estimate of drug-likeness (QED) is 0.836. The minimum absolute atomic E-state index is 0. The number of benzene rings is 1. The summed E-state index contributed by atoms with van der Waals surface area (Å²) in [6, 6.07) is 11.7. The van der Waals surface area contributed by atoms with E-state index < -0.39 is 0 Å². The molecule has 3 unspecified atom stereocenters. The second-order valence-electron chi connectivity index (χ2n) is 6.02. The van der Waals surface area contributed by atoms with Crippen LogP contribution in [0.3, 0.4) is 0 Å². The van der Waals surface area contributed by atoms with Gasteiger partial charge >= 0.3 is 0 Å². The van der Waals surface area contributed by atoms with Crippen LogP contribution in [0.4, 0.5) is 5.69 Å². The lowest BCUT2D eigenvalue weighted by atomic mass is 9.84. The van der Waals surface area contributed by atoms with Crippen LogP contribution in [0, 0.1) is 0 Å². The summed E-state index contributed by atoms with van der Waals surface area (Å²) >= 11 is 0. The Balaban J connectivity index is 0.00000132. The second kappa shape index (κ2) is 5.66. The minimum atomic E-state index is 0. The first-order chi connectivity index (χ1) is 9.79. The lowest BCUT2D eigenvalue weighted by molar-refractivity contribution is 0.505. The zero-order valence-electron chi connectivity index (χ0n) is 11.8. The molecule has 3 heterocycles. The Morgan fingerprint density at radius 1 is 1.10 bits per heavy atom. The second-order valence-corrected chi connectivity index (χ2v) is 6.02. The summed E-state index contributed by atoms with van der Waals surface area (Å²) in [5, 5.41) is 3.70. The summed E-state index contributed by atoms with van der Waals surface area (Å²) in [5.74, 6) is 0.627. The van der Waals surface area contributed by atoms with Crippen LogP contribution in [0.1, 0.15) is 30.7 Å². The van der Waals surface area contributed by atoms with E-state index in [1.54, 1.807) is 0 Å². The first-order valence-corrected chi connectivity index (χ1v) is 7.36. The molecule has 2 aliphatic rings. The van der Waals surface area contributed by atoms with Crippen molar-refractivity contribution in [3.05, 3.63) is 48.3 Å². The number of halogens is 1. The first-order valence-electron chi connectivity index (χ1n) is 7.36. The van der Waals surface area contributed by atoms with E-state index in [0.29, 0.717) is 12.0 Å². The van der Waals surface area contributed by atoms with Gasteiger partial charge in [-0.3, -0.25) is 4.98 Å². The Morgan fingerprint density at radius 3 is 2.71 bits per heavy atom. The number of aromatic nitrogens is 1. The van der Waals surface area contributed by atoms with E-state index in [1.165, 1.54) is 24.8 Å². The van der Waals surface area contributed by atoms with Crippen molar-refractivity contribution < 1.29 is 0 Å². The number of hydrogen-bond donors (Lipinski definition) is 2. The van der Waals surface area contributed by atoms with Gasteiger partial charge in [-0.2, -0.15) is 0 Å². The number of fused-ring (bicyclic) bond motifs is 2. The largest absolute Gasteiger partial charge is 0.399 e. The van der Waals surface area contributed by atoms with Gasteiger partial charge in [0.1, 0.15) is 0 Å². The Bertz CT molecular complexity index is 643. The minimum Gasteiger partial charge on any atom is -0.399 e. The third-order valence-corrected chi connectivity index (χ3v) is 4.71. The van der Waals surface area contributed by atoms with Crippen molar-refractivity contribution in [1.29, 1.82) is 0 Å². The third-order valence-electron chi connectivity index (χ3n) is 4.71. The van der Waals surface area contributed by atoms with Crippen molar-refractivity contribution in [2.24, 2.45) is 0 Å². The number of nitrogens with two attached hydrogens (primary N) is 1. The Labute approximate surface area is 131 Å². The summed E-state index contributed by atoms with van der Waals surface area (Å²) in [4.78, 5) is 4.45. The molecule has 2 saturated heterocycles. The fraction of sp³-hybridized carbons (Fsp3) is 0.353. The Kier molecular flexibility index (Phi) is 3.87. The summed E-state index contributed by atoms with van der Waals surface area (Å²) in [7, 11) is 0. The highest BCUT2D eigenvalue weighted by molar-refractivity contribution is 5.85. The fourth-order valence-corrected chi connectivity index (χ4v) is 3.73. The predicted octanol–water partition coefficient (Wildman–Crippen LogP) is 3.36. The van der Waals surface area contributed by atoms with Crippen molar-refractivity contribution in [2.75, 3.05) is 5.73 Å². The summed E-state index contributed by atoms with van der Waals surface area (Å²) < 4.78 is 0. The number of anilines is 1. The van der Waals surface area contributed by atoms with Crippen LogP contribution < -0.4 is 11.1 Å². The van der Waals surface area contributed by atoms with Gasteiger partial charge in [0, 0.05) is 41.6 Å². The maximum atomic E-state index is 5.88. The molecule has 0 amide bonds. The van der Waals surface area contributed by atoms with Gasteiger partial charge in [-0.25, -0.2) is 0 Å². The van der Waals surface area contributed by atoms with E-state index in [0.717, 1.165) is 22.9 Å². The molecule has 3 N–H and O–H groups in total. The Morgan fingerprint density at radius 2 is 2.00 bits per heavy atom.